The molecule has 2 fully saturated rings. The fraction of sp³-hybridized carbons (Fsp3) is 0.478. The Morgan fingerprint density at radius 1 is 0.794 bits per heavy atom. The molecule has 2 aromatic carbocycles. The van der Waals surface area contributed by atoms with Gasteiger partial charge in [-0.1, -0.05) is 6.92 Å². The highest BCUT2D eigenvalue weighted by molar-refractivity contribution is 5.32. The largest absolute Gasteiger partial charge is 0.432 e. The van der Waals surface area contributed by atoms with Gasteiger partial charge in [0.25, 0.3) is 0 Å². The Morgan fingerprint density at radius 2 is 1.38 bits per heavy atom. The molecule has 0 aromatic heterocycles. The zero-order chi connectivity index (χ0) is 24.6. The molecule has 2 heterocycles. The van der Waals surface area contributed by atoms with Crippen molar-refractivity contribution in [3.8, 4) is 5.75 Å². The lowest BCUT2D eigenvalue weighted by Crippen LogP contribution is -2.40. The van der Waals surface area contributed by atoms with E-state index < -0.39 is 58.9 Å². The van der Waals surface area contributed by atoms with E-state index >= 15 is 0 Å². The third-order valence-corrected chi connectivity index (χ3v) is 5.72. The third-order valence-electron chi connectivity index (χ3n) is 5.72. The van der Waals surface area contributed by atoms with Crippen molar-refractivity contribution in [3.63, 3.8) is 0 Å². The van der Waals surface area contributed by atoms with Gasteiger partial charge in [0.1, 0.15) is 22.9 Å². The summed E-state index contributed by atoms with van der Waals surface area (Å²) < 4.78 is 119. The zero-order valence-electron chi connectivity index (χ0n) is 17.9. The van der Waals surface area contributed by atoms with Crippen LogP contribution in [0.3, 0.4) is 0 Å². The molecule has 0 amide bonds. The van der Waals surface area contributed by atoms with Crippen molar-refractivity contribution in [2.75, 3.05) is 19.8 Å². The molecule has 2 atom stereocenters. The first-order chi connectivity index (χ1) is 16.0. The summed E-state index contributed by atoms with van der Waals surface area (Å²) in [5.41, 5.74) is -1.75. The Kier molecular flexibility index (Phi) is 7.07. The average Bonchev–Trinajstić information content (AvgIpc) is 2.77. The first kappa shape index (κ1) is 24.7. The van der Waals surface area contributed by atoms with Crippen LogP contribution in [0, 0.1) is 40.9 Å². The number of hydrogen-bond acceptors (Lipinski definition) is 4. The van der Waals surface area contributed by atoms with E-state index in [4.69, 9.17) is 14.2 Å². The molecule has 0 radical (unpaired) electrons. The Bertz CT molecular complexity index is 986. The smallest absolute Gasteiger partial charge is 0.429 e. The molecule has 0 aliphatic carbocycles. The molecule has 0 bridgehead atoms. The van der Waals surface area contributed by atoms with E-state index in [1.165, 1.54) is 0 Å². The SMILES string of the molecule is CC1COC(C2CCC(c3cc(F)c(C(F)(F)Oc4cc(F)c(F)c(F)c4)c(F)c3)OC2)OC1. The molecule has 186 valence electrons. The molecule has 0 saturated carbocycles. The monoisotopic (exact) mass is 494 g/mol. The van der Waals surface area contributed by atoms with Gasteiger partial charge < -0.3 is 18.9 Å². The van der Waals surface area contributed by atoms with Crippen LogP contribution in [-0.4, -0.2) is 26.1 Å². The summed E-state index contributed by atoms with van der Waals surface area (Å²) in [4.78, 5) is 0. The van der Waals surface area contributed by atoms with E-state index in [0.29, 0.717) is 38.2 Å². The Balaban J connectivity index is 1.47. The molecule has 4 rings (SSSR count). The standard InChI is InChI=1S/C23H21F7O4/c1-11-8-32-22(33-9-11)12-2-3-19(31-10-12)13-4-15(24)20(16(25)5-13)23(29,30)34-14-6-17(26)21(28)18(27)7-14/h4-7,11-12,19,22H,2-3,8-10H2,1H3. The van der Waals surface area contributed by atoms with Crippen LogP contribution in [-0.2, 0) is 20.3 Å². The van der Waals surface area contributed by atoms with Gasteiger partial charge >= 0.3 is 6.11 Å². The van der Waals surface area contributed by atoms with Gasteiger partial charge in [0.15, 0.2) is 23.7 Å². The molecular weight excluding hydrogens is 473 g/mol. The minimum Gasteiger partial charge on any atom is -0.429 e. The lowest BCUT2D eigenvalue weighted by molar-refractivity contribution is -0.239. The predicted molar refractivity (Wildman–Crippen MR) is 103 cm³/mol. The third kappa shape index (κ3) is 5.16. The van der Waals surface area contributed by atoms with Crippen molar-refractivity contribution >= 4 is 0 Å². The first-order valence-corrected chi connectivity index (χ1v) is 10.6. The zero-order valence-corrected chi connectivity index (χ0v) is 17.9. The van der Waals surface area contributed by atoms with Crippen molar-refractivity contribution in [1.29, 1.82) is 0 Å². The fourth-order valence-electron chi connectivity index (χ4n) is 3.98. The highest BCUT2D eigenvalue weighted by Gasteiger charge is 2.42. The molecule has 2 aromatic rings. The Labute approximate surface area is 190 Å². The molecule has 2 unspecified atom stereocenters. The fourth-order valence-corrected chi connectivity index (χ4v) is 3.98. The molecule has 4 nitrogen and oxygen atoms in total. The Hall–Kier alpha value is -2.37. The van der Waals surface area contributed by atoms with Crippen LogP contribution in [0.5, 0.6) is 5.75 Å². The number of halogens is 7. The van der Waals surface area contributed by atoms with Gasteiger partial charge in [-0.15, -0.1) is 0 Å². The van der Waals surface area contributed by atoms with Crippen LogP contribution in [0.4, 0.5) is 30.7 Å². The average molecular weight is 494 g/mol. The van der Waals surface area contributed by atoms with Crippen LogP contribution >= 0.6 is 0 Å². The molecule has 2 aliphatic rings. The molecular formula is C23H21F7O4. The van der Waals surface area contributed by atoms with Crippen molar-refractivity contribution in [2.24, 2.45) is 11.8 Å². The maximum Gasteiger partial charge on any atom is 0.432 e. The van der Waals surface area contributed by atoms with Crippen molar-refractivity contribution in [3.05, 3.63) is 64.5 Å². The number of ether oxygens (including phenoxy) is 4. The van der Waals surface area contributed by atoms with Gasteiger partial charge in [-0.2, -0.15) is 8.78 Å². The van der Waals surface area contributed by atoms with Gasteiger partial charge in [0.2, 0.25) is 0 Å². The van der Waals surface area contributed by atoms with Crippen LogP contribution in [0.25, 0.3) is 0 Å². The normalized spacial score (nSPS) is 25.9. The lowest BCUT2D eigenvalue weighted by Gasteiger charge is -2.37. The summed E-state index contributed by atoms with van der Waals surface area (Å²) in [5.74, 6) is -9.71. The molecule has 11 heteroatoms. The van der Waals surface area contributed by atoms with Crippen LogP contribution in [0.2, 0.25) is 0 Å². The number of rotatable bonds is 5. The van der Waals surface area contributed by atoms with Gasteiger partial charge in [-0.05, 0) is 30.5 Å². The van der Waals surface area contributed by atoms with Crippen LogP contribution in [0.15, 0.2) is 24.3 Å². The maximum atomic E-state index is 14.6. The minimum atomic E-state index is -4.64. The summed E-state index contributed by atoms with van der Waals surface area (Å²) in [7, 11) is 0. The molecule has 2 aliphatic heterocycles. The molecule has 2 saturated heterocycles. The van der Waals surface area contributed by atoms with Crippen molar-refractivity contribution < 1.29 is 49.7 Å². The quantitative estimate of drug-likeness (QED) is 0.378. The second-order valence-corrected chi connectivity index (χ2v) is 8.48. The van der Waals surface area contributed by atoms with E-state index in [0.717, 1.165) is 0 Å². The first-order valence-electron chi connectivity index (χ1n) is 10.6. The van der Waals surface area contributed by atoms with E-state index in [9.17, 15) is 30.7 Å². The number of alkyl halides is 2. The summed E-state index contributed by atoms with van der Waals surface area (Å²) in [6, 6.07) is 1.68. The summed E-state index contributed by atoms with van der Waals surface area (Å²) in [5, 5.41) is 0. The molecule has 34 heavy (non-hydrogen) atoms. The summed E-state index contributed by atoms with van der Waals surface area (Å²) in [6.45, 7) is 3.28. The van der Waals surface area contributed by atoms with Gasteiger partial charge in [0.05, 0.1) is 25.9 Å². The highest BCUT2D eigenvalue weighted by Crippen LogP contribution is 2.39. The summed E-state index contributed by atoms with van der Waals surface area (Å²) in [6.07, 6.45) is -4.91. The highest BCUT2D eigenvalue weighted by atomic mass is 19.3. The second-order valence-electron chi connectivity index (χ2n) is 8.48. The van der Waals surface area contributed by atoms with Gasteiger partial charge in [0, 0.05) is 24.0 Å². The number of hydrogen-bond donors (Lipinski definition) is 0. The van der Waals surface area contributed by atoms with E-state index in [1.54, 1.807) is 0 Å². The lowest BCUT2D eigenvalue weighted by atomic mass is 9.93. The second kappa shape index (κ2) is 9.71. The summed E-state index contributed by atoms with van der Waals surface area (Å²) >= 11 is 0. The van der Waals surface area contributed by atoms with E-state index in [-0.39, 0.29) is 36.1 Å². The van der Waals surface area contributed by atoms with Gasteiger partial charge in [-0.25, -0.2) is 22.0 Å². The topological polar surface area (TPSA) is 36.9 Å². The predicted octanol–water partition coefficient (Wildman–Crippen LogP) is 5.99. The molecule has 0 N–H and O–H groups in total. The van der Waals surface area contributed by atoms with Crippen molar-refractivity contribution in [2.45, 2.75) is 38.3 Å². The maximum absolute atomic E-state index is 14.6. The molecule has 0 spiro atoms. The van der Waals surface area contributed by atoms with Crippen LogP contribution in [0.1, 0.15) is 37.0 Å². The van der Waals surface area contributed by atoms with E-state index in [2.05, 4.69) is 4.74 Å². The van der Waals surface area contributed by atoms with Gasteiger partial charge in [-0.3, -0.25) is 0 Å². The van der Waals surface area contributed by atoms with E-state index in [1.807, 2.05) is 6.92 Å². The number of benzene rings is 2. The Morgan fingerprint density at radius 3 is 1.91 bits per heavy atom. The van der Waals surface area contributed by atoms with Crippen LogP contribution < -0.4 is 4.74 Å². The van der Waals surface area contributed by atoms with Crippen molar-refractivity contribution in [1.82, 2.24) is 0 Å². The minimum absolute atomic E-state index is 0.00553.